The highest BCUT2D eigenvalue weighted by Gasteiger charge is 2.05. The highest BCUT2D eigenvalue weighted by atomic mass is 16.5. The van der Waals surface area contributed by atoms with Crippen molar-refractivity contribution < 1.29 is 9.53 Å². The summed E-state index contributed by atoms with van der Waals surface area (Å²) < 4.78 is 7.17. The number of anilines is 1. The molecule has 0 aliphatic heterocycles. The molecule has 2 aromatic carbocycles. The summed E-state index contributed by atoms with van der Waals surface area (Å²) in [5.74, 6) is 0.483. The number of rotatable bonds is 5. The molecule has 0 saturated carbocycles. The van der Waals surface area contributed by atoms with Gasteiger partial charge in [-0.25, -0.2) is 9.67 Å². The summed E-state index contributed by atoms with van der Waals surface area (Å²) in [6.07, 6.45) is 3.09. The number of aromatic nitrogens is 3. The van der Waals surface area contributed by atoms with Gasteiger partial charge in [0.2, 0.25) is 0 Å². The van der Waals surface area contributed by atoms with Gasteiger partial charge in [0.1, 0.15) is 18.4 Å². The smallest absolute Gasteiger partial charge is 0.262 e. The van der Waals surface area contributed by atoms with Gasteiger partial charge in [-0.2, -0.15) is 5.10 Å². The van der Waals surface area contributed by atoms with Gasteiger partial charge in [-0.05, 0) is 61.4 Å². The minimum absolute atomic E-state index is 0.0344. The number of aryl methyl sites for hydroxylation is 2. The molecule has 122 valence electrons. The summed E-state index contributed by atoms with van der Waals surface area (Å²) in [5, 5.41) is 6.85. The molecule has 0 fully saturated rings. The molecule has 6 nitrogen and oxygen atoms in total. The molecule has 6 heteroatoms. The SMILES string of the molecule is Cc1ccc(OCC(=O)Nc2ccc(-n3cncn3)cc2)cc1C. The van der Waals surface area contributed by atoms with Gasteiger partial charge in [0.25, 0.3) is 5.91 Å². The number of hydrogen-bond donors (Lipinski definition) is 1. The minimum atomic E-state index is -0.207. The number of benzene rings is 2. The van der Waals surface area contributed by atoms with Crippen LogP contribution in [-0.2, 0) is 4.79 Å². The average molecular weight is 322 g/mol. The first-order valence-electron chi connectivity index (χ1n) is 7.57. The summed E-state index contributed by atoms with van der Waals surface area (Å²) in [4.78, 5) is 15.9. The Morgan fingerprint density at radius 1 is 1.12 bits per heavy atom. The van der Waals surface area contributed by atoms with Gasteiger partial charge in [-0.15, -0.1) is 0 Å². The molecule has 1 heterocycles. The lowest BCUT2D eigenvalue weighted by Crippen LogP contribution is -2.20. The third kappa shape index (κ3) is 3.78. The van der Waals surface area contributed by atoms with Crippen LogP contribution in [0.1, 0.15) is 11.1 Å². The zero-order valence-corrected chi connectivity index (χ0v) is 13.6. The Bertz CT molecular complexity index is 827. The fourth-order valence-corrected chi connectivity index (χ4v) is 2.19. The van der Waals surface area contributed by atoms with Crippen LogP contribution in [0.15, 0.2) is 55.1 Å². The van der Waals surface area contributed by atoms with Crippen molar-refractivity contribution in [2.24, 2.45) is 0 Å². The zero-order valence-electron chi connectivity index (χ0n) is 13.6. The maximum Gasteiger partial charge on any atom is 0.262 e. The van der Waals surface area contributed by atoms with E-state index < -0.39 is 0 Å². The van der Waals surface area contributed by atoms with E-state index in [-0.39, 0.29) is 12.5 Å². The second-order valence-electron chi connectivity index (χ2n) is 5.47. The Morgan fingerprint density at radius 3 is 2.58 bits per heavy atom. The molecular weight excluding hydrogens is 304 g/mol. The van der Waals surface area contributed by atoms with Crippen molar-refractivity contribution in [3.63, 3.8) is 0 Å². The molecule has 1 amide bonds. The van der Waals surface area contributed by atoms with Gasteiger partial charge in [-0.1, -0.05) is 6.07 Å². The van der Waals surface area contributed by atoms with E-state index in [0.717, 1.165) is 11.3 Å². The van der Waals surface area contributed by atoms with Crippen molar-refractivity contribution in [2.45, 2.75) is 13.8 Å². The molecule has 0 unspecified atom stereocenters. The molecule has 0 aliphatic rings. The van der Waals surface area contributed by atoms with E-state index in [1.165, 1.54) is 11.9 Å². The van der Waals surface area contributed by atoms with Crippen molar-refractivity contribution in [1.29, 1.82) is 0 Å². The van der Waals surface area contributed by atoms with Gasteiger partial charge in [0.05, 0.1) is 5.69 Å². The van der Waals surface area contributed by atoms with Crippen molar-refractivity contribution in [3.05, 3.63) is 66.2 Å². The monoisotopic (exact) mass is 322 g/mol. The molecule has 0 spiro atoms. The summed E-state index contributed by atoms with van der Waals surface area (Å²) in [7, 11) is 0. The van der Waals surface area contributed by atoms with Crippen molar-refractivity contribution in [3.8, 4) is 11.4 Å². The topological polar surface area (TPSA) is 69.0 Å². The number of carbonyl (C=O) groups excluding carboxylic acids is 1. The highest BCUT2D eigenvalue weighted by molar-refractivity contribution is 5.91. The first kappa shape index (κ1) is 15.7. The number of carbonyl (C=O) groups is 1. The van der Waals surface area contributed by atoms with Gasteiger partial charge in [-0.3, -0.25) is 4.79 Å². The first-order chi connectivity index (χ1) is 11.6. The Kier molecular flexibility index (Phi) is 4.56. The second kappa shape index (κ2) is 6.95. The van der Waals surface area contributed by atoms with E-state index in [9.17, 15) is 4.79 Å². The van der Waals surface area contributed by atoms with Crippen LogP contribution in [0.3, 0.4) is 0 Å². The van der Waals surface area contributed by atoms with E-state index in [4.69, 9.17) is 4.74 Å². The molecule has 1 aromatic heterocycles. The maximum atomic E-state index is 12.0. The van der Waals surface area contributed by atoms with Crippen LogP contribution >= 0.6 is 0 Å². The van der Waals surface area contributed by atoms with Crippen LogP contribution in [0.25, 0.3) is 5.69 Å². The van der Waals surface area contributed by atoms with Crippen LogP contribution in [0, 0.1) is 13.8 Å². The third-order valence-corrected chi connectivity index (χ3v) is 3.68. The molecular formula is C18H18N4O2. The molecule has 0 atom stereocenters. The Balaban J connectivity index is 1.55. The maximum absolute atomic E-state index is 12.0. The lowest BCUT2D eigenvalue weighted by Gasteiger charge is -2.09. The van der Waals surface area contributed by atoms with Crippen molar-refractivity contribution in [1.82, 2.24) is 14.8 Å². The normalized spacial score (nSPS) is 10.4. The van der Waals surface area contributed by atoms with E-state index in [2.05, 4.69) is 15.4 Å². The molecule has 0 aliphatic carbocycles. The average Bonchev–Trinajstić information content (AvgIpc) is 3.11. The first-order valence-corrected chi connectivity index (χ1v) is 7.57. The lowest BCUT2D eigenvalue weighted by atomic mass is 10.1. The summed E-state index contributed by atoms with van der Waals surface area (Å²) in [6.45, 7) is 4.01. The second-order valence-corrected chi connectivity index (χ2v) is 5.47. The van der Waals surface area contributed by atoms with Crippen LogP contribution in [-0.4, -0.2) is 27.3 Å². The highest BCUT2D eigenvalue weighted by Crippen LogP contribution is 2.16. The molecule has 3 rings (SSSR count). The van der Waals surface area contributed by atoms with Crippen molar-refractivity contribution in [2.75, 3.05) is 11.9 Å². The predicted octanol–water partition coefficient (Wildman–Crippen LogP) is 2.90. The largest absolute Gasteiger partial charge is 0.484 e. The van der Waals surface area contributed by atoms with Gasteiger partial charge in [0.15, 0.2) is 6.61 Å². The van der Waals surface area contributed by atoms with E-state index in [0.29, 0.717) is 11.4 Å². The Labute approximate surface area is 140 Å². The van der Waals surface area contributed by atoms with Crippen molar-refractivity contribution >= 4 is 11.6 Å². The van der Waals surface area contributed by atoms with E-state index in [1.807, 2.05) is 56.3 Å². The number of hydrogen-bond acceptors (Lipinski definition) is 4. The number of ether oxygens (including phenoxy) is 1. The predicted molar refractivity (Wildman–Crippen MR) is 91.4 cm³/mol. The molecule has 0 radical (unpaired) electrons. The zero-order chi connectivity index (χ0) is 16.9. The number of nitrogens with one attached hydrogen (secondary N) is 1. The van der Waals surface area contributed by atoms with Crippen LogP contribution < -0.4 is 10.1 Å². The van der Waals surface area contributed by atoms with Gasteiger partial charge >= 0.3 is 0 Å². The van der Waals surface area contributed by atoms with Crippen LogP contribution in [0.5, 0.6) is 5.75 Å². The fourth-order valence-electron chi connectivity index (χ4n) is 2.19. The van der Waals surface area contributed by atoms with Gasteiger partial charge in [0, 0.05) is 5.69 Å². The molecule has 0 bridgehead atoms. The number of nitrogens with zero attached hydrogens (tertiary/aromatic N) is 3. The number of amides is 1. The van der Waals surface area contributed by atoms with E-state index in [1.54, 1.807) is 11.0 Å². The third-order valence-electron chi connectivity index (χ3n) is 3.68. The molecule has 24 heavy (non-hydrogen) atoms. The summed E-state index contributed by atoms with van der Waals surface area (Å²) in [5.41, 5.74) is 3.90. The molecule has 1 N–H and O–H groups in total. The summed E-state index contributed by atoms with van der Waals surface area (Å²) in [6, 6.07) is 13.1. The van der Waals surface area contributed by atoms with Gasteiger partial charge < -0.3 is 10.1 Å². The minimum Gasteiger partial charge on any atom is -0.484 e. The summed E-state index contributed by atoms with van der Waals surface area (Å²) >= 11 is 0. The Morgan fingerprint density at radius 2 is 1.92 bits per heavy atom. The Hall–Kier alpha value is -3.15. The van der Waals surface area contributed by atoms with E-state index >= 15 is 0 Å². The molecule has 0 saturated heterocycles. The quantitative estimate of drug-likeness (QED) is 0.784. The van der Waals surface area contributed by atoms with Crippen LogP contribution in [0.2, 0.25) is 0 Å². The fraction of sp³-hybridized carbons (Fsp3) is 0.167. The molecule has 3 aromatic rings. The van der Waals surface area contributed by atoms with Crippen LogP contribution in [0.4, 0.5) is 5.69 Å². The standard InChI is InChI=1S/C18H18N4O2/c1-13-3-8-17(9-14(13)2)24-10-18(23)21-15-4-6-16(7-5-15)22-12-19-11-20-22/h3-9,11-12H,10H2,1-2H3,(H,21,23). The lowest BCUT2D eigenvalue weighted by molar-refractivity contribution is -0.118.